The fourth-order valence-corrected chi connectivity index (χ4v) is 8.45. The number of hydrogen-bond donors (Lipinski definition) is 0. The van der Waals surface area contributed by atoms with Crippen LogP contribution in [0.1, 0.15) is 13.8 Å². The summed E-state index contributed by atoms with van der Waals surface area (Å²) in [4.78, 5) is 0. The molecule has 2 heteroatoms. The van der Waals surface area contributed by atoms with Gasteiger partial charge in [-0.3, -0.25) is 0 Å². The van der Waals surface area contributed by atoms with Crippen molar-refractivity contribution in [1.82, 2.24) is 9.13 Å². The molecule has 0 radical (unpaired) electrons. The molecule has 0 aliphatic heterocycles. The molecule has 8 aromatic carbocycles. The van der Waals surface area contributed by atoms with Crippen LogP contribution in [0, 0.1) is 0 Å². The van der Waals surface area contributed by atoms with Gasteiger partial charge in [0.1, 0.15) is 0 Å². The fraction of sp³-hybridized carbons (Fsp3) is 0.0870. The highest BCUT2D eigenvalue weighted by atomic mass is 15.0. The molecule has 0 amide bonds. The van der Waals surface area contributed by atoms with Gasteiger partial charge in [-0.15, -0.1) is 0 Å². The van der Waals surface area contributed by atoms with E-state index in [9.17, 15) is 0 Å². The van der Waals surface area contributed by atoms with Crippen LogP contribution in [-0.2, 0) is 13.1 Å². The van der Waals surface area contributed by atoms with E-state index in [0.29, 0.717) is 0 Å². The van der Waals surface area contributed by atoms with Crippen molar-refractivity contribution < 1.29 is 0 Å². The van der Waals surface area contributed by atoms with E-state index in [1.807, 2.05) is 0 Å². The van der Waals surface area contributed by atoms with Crippen molar-refractivity contribution in [2.75, 3.05) is 0 Å². The maximum Gasteiger partial charge on any atom is 0.0497 e. The first kappa shape index (κ1) is 27.3. The summed E-state index contributed by atoms with van der Waals surface area (Å²) in [7, 11) is 0. The molecule has 0 saturated heterocycles. The lowest BCUT2D eigenvalue weighted by Gasteiger charge is -2.14. The second kappa shape index (κ2) is 10.3. The molecule has 0 aliphatic rings. The molecule has 0 aliphatic carbocycles. The van der Waals surface area contributed by atoms with Crippen LogP contribution in [0.5, 0.6) is 0 Å². The minimum Gasteiger partial charge on any atom is -0.341 e. The zero-order valence-corrected chi connectivity index (χ0v) is 27.2. The second-order valence-corrected chi connectivity index (χ2v) is 13.1. The van der Waals surface area contributed by atoms with Crippen molar-refractivity contribution in [1.29, 1.82) is 0 Å². The van der Waals surface area contributed by atoms with E-state index in [1.54, 1.807) is 0 Å². The van der Waals surface area contributed by atoms with Crippen LogP contribution in [0.2, 0.25) is 0 Å². The smallest absolute Gasteiger partial charge is 0.0497 e. The Morgan fingerprint density at radius 3 is 1.02 bits per heavy atom. The van der Waals surface area contributed by atoms with Crippen LogP contribution < -0.4 is 0 Å². The first-order valence-corrected chi connectivity index (χ1v) is 17.1. The Balaban J connectivity index is 1.15. The van der Waals surface area contributed by atoms with E-state index in [2.05, 4.69) is 169 Å². The molecule has 0 saturated carbocycles. The molecule has 10 rings (SSSR count). The van der Waals surface area contributed by atoms with Crippen LogP contribution >= 0.6 is 0 Å². The van der Waals surface area contributed by atoms with Crippen molar-refractivity contribution in [2.45, 2.75) is 26.9 Å². The van der Waals surface area contributed by atoms with Crippen LogP contribution in [0.4, 0.5) is 0 Å². The maximum atomic E-state index is 2.44. The molecule has 0 unspecified atom stereocenters. The lowest BCUT2D eigenvalue weighted by atomic mass is 9.90. The molecule has 0 N–H and O–H groups in total. The zero-order chi connectivity index (χ0) is 31.9. The molecule has 0 bridgehead atoms. The summed E-state index contributed by atoms with van der Waals surface area (Å²) in [5.74, 6) is 0. The molecular weight excluding hydrogens is 581 g/mol. The van der Waals surface area contributed by atoms with E-state index in [4.69, 9.17) is 0 Å². The molecule has 0 atom stereocenters. The van der Waals surface area contributed by atoms with E-state index < -0.39 is 0 Å². The van der Waals surface area contributed by atoms with Crippen LogP contribution in [0.25, 0.3) is 98.2 Å². The lowest BCUT2D eigenvalue weighted by Crippen LogP contribution is -1.93. The Bertz CT molecular complexity index is 2700. The van der Waals surface area contributed by atoms with Gasteiger partial charge in [-0.05, 0) is 105 Å². The van der Waals surface area contributed by atoms with E-state index in [0.717, 1.165) is 13.1 Å². The highest BCUT2D eigenvalue weighted by Crippen LogP contribution is 2.41. The minimum atomic E-state index is 0.944. The number of nitrogens with zero attached hydrogens (tertiary/aromatic N) is 2. The fourth-order valence-electron chi connectivity index (χ4n) is 8.45. The summed E-state index contributed by atoms with van der Waals surface area (Å²) in [6.45, 7) is 6.36. The predicted octanol–water partition coefficient (Wildman–Crippen LogP) is 12.7. The Morgan fingerprint density at radius 1 is 0.292 bits per heavy atom. The summed E-state index contributed by atoms with van der Waals surface area (Å²) < 4.78 is 4.88. The Morgan fingerprint density at radius 2 is 0.604 bits per heavy atom. The number of fused-ring (bicyclic) bond motifs is 12. The van der Waals surface area contributed by atoms with Gasteiger partial charge in [0.05, 0.1) is 0 Å². The first-order chi connectivity index (χ1) is 23.7. The van der Waals surface area contributed by atoms with Gasteiger partial charge in [-0.2, -0.15) is 0 Å². The Hall–Kier alpha value is -5.86. The third-order valence-corrected chi connectivity index (χ3v) is 10.7. The van der Waals surface area contributed by atoms with Crippen molar-refractivity contribution in [2.24, 2.45) is 0 Å². The average Bonchev–Trinajstić information content (AvgIpc) is 3.65. The standard InChI is InChI=1S/C46H34N2/c1-3-47-43-15-9-7-13-37(43)39-23-19-31(27-45(39)47)29-17-21-35-36-22-18-30(26-42(36)34-12-6-5-11-33(34)41(35)25-29)32-20-24-40-38-14-8-10-16-44(38)48(4-2)46(40)28-32/h5-28H,3-4H2,1-2H3. The monoisotopic (exact) mass is 614 g/mol. The molecule has 2 aromatic heterocycles. The number of para-hydroxylation sites is 2. The third-order valence-electron chi connectivity index (χ3n) is 10.7. The van der Waals surface area contributed by atoms with Crippen molar-refractivity contribution in [3.8, 4) is 22.3 Å². The van der Waals surface area contributed by atoms with Gasteiger partial charge >= 0.3 is 0 Å². The Labute approximate surface area is 279 Å². The molecule has 228 valence electrons. The number of hydrogen-bond acceptors (Lipinski definition) is 0. The van der Waals surface area contributed by atoms with E-state index in [-0.39, 0.29) is 0 Å². The molecule has 2 heterocycles. The molecule has 2 nitrogen and oxygen atoms in total. The maximum absolute atomic E-state index is 2.44. The van der Waals surface area contributed by atoms with Gasteiger partial charge < -0.3 is 9.13 Å². The highest BCUT2D eigenvalue weighted by Gasteiger charge is 2.15. The van der Waals surface area contributed by atoms with Crippen LogP contribution in [0.3, 0.4) is 0 Å². The molecule has 0 fully saturated rings. The third kappa shape index (κ3) is 3.80. The molecule has 10 aromatic rings. The highest BCUT2D eigenvalue weighted by molar-refractivity contribution is 6.26. The van der Waals surface area contributed by atoms with E-state index in [1.165, 1.54) is 98.2 Å². The van der Waals surface area contributed by atoms with Gasteiger partial charge in [0.15, 0.2) is 0 Å². The van der Waals surface area contributed by atoms with Gasteiger partial charge in [-0.25, -0.2) is 0 Å². The normalized spacial score (nSPS) is 12.1. The quantitative estimate of drug-likeness (QED) is 0.175. The number of benzene rings is 8. The summed E-state index contributed by atoms with van der Waals surface area (Å²) >= 11 is 0. The van der Waals surface area contributed by atoms with Crippen molar-refractivity contribution >= 4 is 75.9 Å². The molecule has 48 heavy (non-hydrogen) atoms. The van der Waals surface area contributed by atoms with Crippen molar-refractivity contribution in [3.63, 3.8) is 0 Å². The molecular formula is C46H34N2. The lowest BCUT2D eigenvalue weighted by molar-refractivity contribution is 0.827. The molecule has 0 spiro atoms. The number of rotatable bonds is 4. The second-order valence-electron chi connectivity index (χ2n) is 13.1. The topological polar surface area (TPSA) is 9.86 Å². The van der Waals surface area contributed by atoms with Crippen LogP contribution in [-0.4, -0.2) is 9.13 Å². The summed E-state index contributed by atoms with van der Waals surface area (Å²) in [5.41, 5.74) is 10.2. The minimum absolute atomic E-state index is 0.944. The van der Waals surface area contributed by atoms with E-state index >= 15 is 0 Å². The summed E-state index contributed by atoms with van der Waals surface area (Å²) in [6.07, 6.45) is 0. The van der Waals surface area contributed by atoms with Gasteiger partial charge in [0, 0.05) is 56.7 Å². The van der Waals surface area contributed by atoms with Gasteiger partial charge in [-0.1, -0.05) is 109 Å². The predicted molar refractivity (Wildman–Crippen MR) is 207 cm³/mol. The largest absolute Gasteiger partial charge is 0.341 e. The number of aryl methyl sites for hydroxylation is 2. The Kier molecular flexibility index (Phi) is 5.86. The number of aromatic nitrogens is 2. The summed E-state index contributed by atoms with van der Waals surface area (Å²) in [5, 5.41) is 13.1. The van der Waals surface area contributed by atoms with Gasteiger partial charge in [0.2, 0.25) is 0 Å². The zero-order valence-electron chi connectivity index (χ0n) is 27.2. The first-order valence-electron chi connectivity index (χ1n) is 17.1. The van der Waals surface area contributed by atoms with Gasteiger partial charge in [0.25, 0.3) is 0 Å². The summed E-state index contributed by atoms with van der Waals surface area (Å²) in [6, 6.07) is 54.5. The SMILES string of the molecule is CCn1c2ccccc2c2ccc(-c3ccc4c5ccc(-c6ccc7c8ccccc8n(CC)c7c6)cc5c5ccccc5c4c3)cc21. The van der Waals surface area contributed by atoms with Crippen molar-refractivity contribution in [3.05, 3.63) is 146 Å². The average molecular weight is 615 g/mol. The van der Waals surface area contributed by atoms with Crippen LogP contribution in [0.15, 0.2) is 146 Å².